The Morgan fingerprint density at radius 3 is 2.59 bits per heavy atom. The summed E-state index contributed by atoms with van der Waals surface area (Å²) in [6.07, 6.45) is 0.839. The summed E-state index contributed by atoms with van der Waals surface area (Å²) in [6, 6.07) is 21.0. The lowest BCUT2D eigenvalue weighted by molar-refractivity contribution is 0.612. The first kappa shape index (κ1) is 12.8. The lowest BCUT2D eigenvalue weighted by Gasteiger charge is -2.07. The van der Waals surface area contributed by atoms with Crippen LogP contribution in [-0.2, 0) is 6.42 Å². The van der Waals surface area contributed by atoms with Crippen LogP contribution in [0.15, 0.2) is 75.9 Å². The first-order valence-electron chi connectivity index (χ1n) is 7.15. The maximum atomic E-state index is 11.4. The fourth-order valence-electron chi connectivity index (χ4n) is 2.59. The fraction of sp³-hybridized carbons (Fsp3) is 0.0526. The third kappa shape index (κ3) is 2.37. The van der Waals surface area contributed by atoms with Gasteiger partial charge in [-0.3, -0.25) is 4.79 Å². The van der Waals surface area contributed by atoms with Crippen molar-refractivity contribution in [1.29, 1.82) is 0 Å². The maximum absolute atomic E-state index is 11.4. The molecular weight excluding hydrogens is 274 g/mol. The maximum Gasteiger partial charge on any atom is 0.182 e. The molecule has 0 radical (unpaired) electrons. The van der Waals surface area contributed by atoms with Crippen LogP contribution in [-0.4, -0.2) is 4.98 Å². The smallest absolute Gasteiger partial charge is 0.182 e. The predicted octanol–water partition coefficient (Wildman–Crippen LogP) is 3.88. The van der Waals surface area contributed by atoms with Crippen molar-refractivity contribution in [2.45, 2.75) is 6.42 Å². The Kier molecular flexibility index (Phi) is 2.97. The van der Waals surface area contributed by atoms with Crippen molar-refractivity contribution in [1.82, 2.24) is 4.98 Å². The van der Waals surface area contributed by atoms with Crippen molar-refractivity contribution in [3.8, 4) is 11.5 Å². The van der Waals surface area contributed by atoms with Gasteiger partial charge in [-0.15, -0.1) is 0 Å². The molecule has 22 heavy (non-hydrogen) atoms. The van der Waals surface area contributed by atoms with E-state index < -0.39 is 0 Å². The Bertz CT molecular complexity index is 973. The van der Waals surface area contributed by atoms with Crippen LogP contribution in [0.4, 0.5) is 0 Å². The van der Waals surface area contributed by atoms with Gasteiger partial charge in [0.25, 0.3) is 0 Å². The number of benzene rings is 3. The summed E-state index contributed by atoms with van der Waals surface area (Å²) >= 11 is 0. The monoisotopic (exact) mass is 287 g/mol. The minimum Gasteiger partial charge on any atom is -0.453 e. The second-order valence-corrected chi connectivity index (χ2v) is 5.31. The third-order valence-electron chi connectivity index (χ3n) is 3.67. The van der Waals surface area contributed by atoms with E-state index in [-0.39, 0.29) is 5.43 Å². The first-order chi connectivity index (χ1) is 10.8. The summed E-state index contributed by atoms with van der Waals surface area (Å²) in [5, 5.41) is 0. The number of rotatable bonds is 2. The van der Waals surface area contributed by atoms with Gasteiger partial charge in [0.1, 0.15) is 11.2 Å². The number of aromatic nitrogens is 1. The summed E-state index contributed by atoms with van der Waals surface area (Å²) in [5.74, 6) is 0.525. The van der Waals surface area contributed by atoms with Gasteiger partial charge in [0.2, 0.25) is 0 Å². The van der Waals surface area contributed by atoms with E-state index in [0.717, 1.165) is 17.5 Å². The summed E-state index contributed by atoms with van der Waals surface area (Å²) < 4.78 is 5.84. The molecule has 0 saturated carbocycles. The molecular formula is C19H13NO2. The standard InChI is InChI=1S/C19H13NO2/c21-15-7-9-17-19(12-15)22-18-11-14(6-8-16(18)20-17)10-13-4-2-1-3-5-13/h1-9,11-12H,10H2. The van der Waals surface area contributed by atoms with Crippen LogP contribution < -0.4 is 5.43 Å². The van der Waals surface area contributed by atoms with Gasteiger partial charge in [-0.2, -0.15) is 0 Å². The Labute approximate surface area is 127 Å². The normalized spacial score (nSPS) is 11.1. The van der Waals surface area contributed by atoms with Crippen LogP contribution in [0.5, 0.6) is 0 Å². The number of fused-ring (bicyclic) bond motifs is 2. The topological polar surface area (TPSA) is 43.1 Å². The van der Waals surface area contributed by atoms with Crippen molar-refractivity contribution in [2.24, 2.45) is 0 Å². The molecule has 3 nitrogen and oxygen atoms in total. The Morgan fingerprint density at radius 1 is 0.864 bits per heavy atom. The van der Waals surface area contributed by atoms with Crippen molar-refractivity contribution in [3.63, 3.8) is 0 Å². The lowest BCUT2D eigenvalue weighted by atomic mass is 10.0. The van der Waals surface area contributed by atoms with E-state index in [4.69, 9.17) is 4.42 Å². The van der Waals surface area contributed by atoms with E-state index in [1.165, 1.54) is 17.7 Å². The molecule has 0 aromatic heterocycles. The van der Waals surface area contributed by atoms with Crippen LogP contribution >= 0.6 is 0 Å². The highest BCUT2D eigenvalue weighted by atomic mass is 16.3. The minimum atomic E-state index is -0.0714. The SMILES string of the molecule is O=c1ccc2nc3ccc(Cc4ccccc4)cc3oc-2c1. The molecule has 1 aliphatic carbocycles. The highest BCUT2D eigenvalue weighted by molar-refractivity contribution is 5.76. The molecule has 3 heteroatoms. The Morgan fingerprint density at radius 2 is 1.73 bits per heavy atom. The van der Waals surface area contributed by atoms with Crippen LogP contribution in [0.3, 0.4) is 0 Å². The largest absolute Gasteiger partial charge is 0.453 e. The van der Waals surface area contributed by atoms with E-state index >= 15 is 0 Å². The second kappa shape index (κ2) is 5.11. The number of hydrogen-bond donors (Lipinski definition) is 0. The molecule has 0 saturated heterocycles. The summed E-state index contributed by atoms with van der Waals surface area (Å²) in [4.78, 5) is 16.0. The van der Waals surface area contributed by atoms with Gasteiger partial charge in [0, 0.05) is 6.07 Å². The summed E-state index contributed by atoms with van der Waals surface area (Å²) in [7, 11) is 0. The minimum absolute atomic E-state index is 0.0714. The molecule has 1 heterocycles. The molecule has 2 aromatic rings. The molecule has 1 aliphatic heterocycles. The van der Waals surface area contributed by atoms with Crippen molar-refractivity contribution in [2.75, 3.05) is 0 Å². The van der Waals surface area contributed by atoms with E-state index in [1.54, 1.807) is 6.07 Å². The second-order valence-electron chi connectivity index (χ2n) is 5.31. The van der Waals surface area contributed by atoms with Gasteiger partial charge in [-0.05, 0) is 41.8 Å². The zero-order chi connectivity index (χ0) is 14.9. The molecule has 0 fully saturated rings. The Hall–Kier alpha value is -2.94. The zero-order valence-corrected chi connectivity index (χ0v) is 11.8. The first-order valence-corrected chi connectivity index (χ1v) is 7.15. The molecule has 0 spiro atoms. The number of nitrogens with zero attached hydrogens (tertiary/aromatic N) is 1. The van der Waals surface area contributed by atoms with Gasteiger partial charge in [-0.25, -0.2) is 4.98 Å². The van der Waals surface area contributed by atoms with Gasteiger partial charge in [0.05, 0.1) is 0 Å². The molecule has 0 atom stereocenters. The molecule has 4 rings (SSSR count). The third-order valence-corrected chi connectivity index (χ3v) is 3.67. The summed E-state index contributed by atoms with van der Waals surface area (Å²) in [5.41, 5.74) is 4.52. The van der Waals surface area contributed by atoms with Gasteiger partial charge in [-0.1, -0.05) is 36.4 Å². The highest BCUT2D eigenvalue weighted by Gasteiger charge is 2.09. The van der Waals surface area contributed by atoms with Crippen LogP contribution in [0, 0.1) is 0 Å². The molecule has 2 aliphatic rings. The van der Waals surface area contributed by atoms with Crippen LogP contribution in [0.1, 0.15) is 11.1 Å². The Balaban J connectivity index is 1.81. The quantitative estimate of drug-likeness (QED) is 0.525. The van der Waals surface area contributed by atoms with E-state index in [1.807, 2.05) is 30.3 Å². The molecule has 0 N–H and O–H groups in total. The zero-order valence-electron chi connectivity index (χ0n) is 11.8. The molecule has 0 bridgehead atoms. The van der Waals surface area contributed by atoms with Crippen LogP contribution in [0.25, 0.3) is 22.6 Å². The van der Waals surface area contributed by atoms with Crippen molar-refractivity contribution >= 4 is 11.1 Å². The average Bonchev–Trinajstić information content (AvgIpc) is 2.54. The van der Waals surface area contributed by atoms with Gasteiger partial charge >= 0.3 is 0 Å². The highest BCUT2D eigenvalue weighted by Crippen LogP contribution is 2.24. The van der Waals surface area contributed by atoms with Crippen molar-refractivity contribution < 1.29 is 4.42 Å². The lowest BCUT2D eigenvalue weighted by Crippen LogP contribution is -1.99. The molecule has 0 amide bonds. The van der Waals surface area contributed by atoms with E-state index in [9.17, 15) is 4.79 Å². The molecule has 0 unspecified atom stereocenters. The number of hydrogen-bond acceptors (Lipinski definition) is 3. The van der Waals surface area contributed by atoms with Gasteiger partial charge in [0.15, 0.2) is 16.8 Å². The summed E-state index contributed by atoms with van der Waals surface area (Å²) in [6.45, 7) is 0. The van der Waals surface area contributed by atoms with E-state index in [2.05, 4.69) is 23.2 Å². The average molecular weight is 287 g/mol. The van der Waals surface area contributed by atoms with Gasteiger partial charge < -0.3 is 4.42 Å². The predicted molar refractivity (Wildman–Crippen MR) is 86.1 cm³/mol. The molecule has 2 aromatic carbocycles. The molecule has 106 valence electrons. The van der Waals surface area contributed by atoms with Crippen molar-refractivity contribution in [3.05, 3.63) is 88.1 Å². The van der Waals surface area contributed by atoms with Crippen LogP contribution in [0.2, 0.25) is 0 Å². The fourth-order valence-corrected chi connectivity index (χ4v) is 2.59. The van der Waals surface area contributed by atoms with E-state index in [0.29, 0.717) is 17.0 Å².